The summed E-state index contributed by atoms with van der Waals surface area (Å²) in [7, 11) is 0. The van der Waals surface area contributed by atoms with E-state index in [0.29, 0.717) is 10.6 Å². The third-order valence-electron chi connectivity index (χ3n) is 3.26. The highest BCUT2D eigenvalue weighted by atomic mass is 35.5. The number of halogens is 2. The number of rotatable bonds is 6. The van der Waals surface area contributed by atoms with Crippen LogP contribution in [0.5, 0.6) is 0 Å². The average molecular weight is 304 g/mol. The first kappa shape index (κ1) is 16.3. The maximum atomic E-state index is 12.0. The van der Waals surface area contributed by atoms with Gasteiger partial charge in [0.15, 0.2) is 0 Å². The summed E-state index contributed by atoms with van der Waals surface area (Å²) in [5.74, 6) is -0.132. The molecular weight excluding hydrogens is 285 g/mol. The van der Waals surface area contributed by atoms with Crippen LogP contribution in [0.25, 0.3) is 0 Å². The molecule has 106 valence electrons. The zero-order valence-corrected chi connectivity index (χ0v) is 12.6. The molecule has 0 saturated carbocycles. The van der Waals surface area contributed by atoms with Gasteiger partial charge in [0.25, 0.3) is 5.91 Å². The molecule has 5 heteroatoms. The number of aliphatic hydroxyl groups is 1. The van der Waals surface area contributed by atoms with Crippen molar-refractivity contribution in [2.75, 3.05) is 6.54 Å². The zero-order chi connectivity index (χ0) is 14.4. The van der Waals surface area contributed by atoms with Crippen LogP contribution in [0.2, 0.25) is 10.0 Å². The quantitative estimate of drug-likeness (QED) is 0.845. The normalized spacial score (nSPS) is 12.5. The second-order valence-electron chi connectivity index (χ2n) is 4.46. The van der Waals surface area contributed by atoms with Gasteiger partial charge in [0.2, 0.25) is 0 Å². The summed E-state index contributed by atoms with van der Waals surface area (Å²) in [5.41, 5.74) is 0.325. The minimum absolute atomic E-state index is 0.190. The number of benzene rings is 1. The van der Waals surface area contributed by atoms with E-state index in [4.69, 9.17) is 23.2 Å². The molecule has 0 aliphatic rings. The van der Waals surface area contributed by atoms with Gasteiger partial charge in [-0.3, -0.25) is 4.79 Å². The molecule has 1 atom stereocenters. The Morgan fingerprint density at radius 2 is 1.95 bits per heavy atom. The highest BCUT2D eigenvalue weighted by Crippen LogP contribution is 2.25. The fraction of sp³-hybridized carbons (Fsp3) is 0.500. The van der Waals surface area contributed by atoms with Crippen molar-refractivity contribution >= 4 is 29.1 Å². The van der Waals surface area contributed by atoms with E-state index in [1.54, 1.807) is 18.2 Å². The minimum Gasteiger partial charge on any atom is -0.391 e. The molecule has 19 heavy (non-hydrogen) atoms. The highest BCUT2D eigenvalue weighted by Gasteiger charge is 2.18. The Labute approximate surface area is 123 Å². The van der Waals surface area contributed by atoms with Crippen LogP contribution in [0.3, 0.4) is 0 Å². The third kappa shape index (κ3) is 4.37. The average Bonchev–Trinajstić information content (AvgIpc) is 2.40. The minimum atomic E-state index is -0.545. The molecule has 2 N–H and O–H groups in total. The Bertz CT molecular complexity index is 433. The summed E-state index contributed by atoms with van der Waals surface area (Å²) >= 11 is 11.8. The summed E-state index contributed by atoms with van der Waals surface area (Å²) < 4.78 is 0. The van der Waals surface area contributed by atoms with Crippen LogP contribution in [-0.4, -0.2) is 23.7 Å². The number of hydrogen-bond acceptors (Lipinski definition) is 2. The summed E-state index contributed by atoms with van der Waals surface area (Å²) in [6, 6.07) is 4.90. The van der Waals surface area contributed by atoms with Gasteiger partial charge in [-0.05, 0) is 18.1 Å². The molecule has 0 heterocycles. The van der Waals surface area contributed by atoms with Gasteiger partial charge in [0.1, 0.15) is 0 Å². The van der Waals surface area contributed by atoms with Gasteiger partial charge >= 0.3 is 0 Å². The first-order chi connectivity index (χ1) is 9.01. The molecule has 1 aromatic carbocycles. The molecule has 1 unspecified atom stereocenters. The van der Waals surface area contributed by atoms with Crippen LogP contribution < -0.4 is 5.32 Å². The summed E-state index contributed by atoms with van der Waals surface area (Å²) in [5, 5.41) is 13.2. The molecule has 0 aliphatic heterocycles. The molecule has 3 nitrogen and oxygen atoms in total. The predicted molar refractivity (Wildman–Crippen MR) is 78.9 cm³/mol. The van der Waals surface area contributed by atoms with E-state index in [-0.39, 0.29) is 23.4 Å². The molecule has 1 rings (SSSR count). The van der Waals surface area contributed by atoms with Crippen LogP contribution in [-0.2, 0) is 0 Å². The number of amides is 1. The lowest BCUT2D eigenvalue weighted by Gasteiger charge is -2.20. The molecule has 1 aromatic rings. The standard InChI is InChI=1S/C14H19Cl2NO2/c1-3-9(4-2)12(18)8-17-14(19)10-6-5-7-11(15)13(10)16/h5-7,9,12,18H,3-4,8H2,1-2H3,(H,17,19). The molecular formula is C14H19Cl2NO2. The smallest absolute Gasteiger partial charge is 0.252 e. The lowest BCUT2D eigenvalue weighted by molar-refractivity contribution is 0.0817. The number of hydrogen-bond donors (Lipinski definition) is 2. The van der Waals surface area contributed by atoms with Crippen molar-refractivity contribution in [2.24, 2.45) is 5.92 Å². The summed E-state index contributed by atoms with van der Waals surface area (Å²) in [6.45, 7) is 4.26. The molecule has 0 aliphatic carbocycles. The van der Waals surface area contributed by atoms with Gasteiger partial charge in [-0.15, -0.1) is 0 Å². The van der Waals surface area contributed by atoms with Crippen LogP contribution in [0.15, 0.2) is 18.2 Å². The lowest BCUT2D eigenvalue weighted by Crippen LogP contribution is -2.36. The van der Waals surface area contributed by atoms with Gasteiger partial charge in [0.05, 0.1) is 21.7 Å². The number of carbonyl (C=O) groups is 1. The first-order valence-electron chi connectivity index (χ1n) is 6.41. The van der Waals surface area contributed by atoms with Crippen molar-refractivity contribution in [1.29, 1.82) is 0 Å². The van der Waals surface area contributed by atoms with E-state index >= 15 is 0 Å². The maximum absolute atomic E-state index is 12.0. The monoisotopic (exact) mass is 303 g/mol. The van der Waals surface area contributed by atoms with Gasteiger partial charge < -0.3 is 10.4 Å². The summed E-state index contributed by atoms with van der Waals surface area (Å²) in [4.78, 5) is 12.0. The Kier molecular flexibility index (Phi) is 6.63. The van der Waals surface area contributed by atoms with Crippen LogP contribution >= 0.6 is 23.2 Å². The van der Waals surface area contributed by atoms with Gasteiger partial charge in [-0.2, -0.15) is 0 Å². The molecule has 0 radical (unpaired) electrons. The number of aliphatic hydroxyl groups excluding tert-OH is 1. The second-order valence-corrected chi connectivity index (χ2v) is 5.24. The van der Waals surface area contributed by atoms with Crippen molar-refractivity contribution in [2.45, 2.75) is 32.8 Å². The van der Waals surface area contributed by atoms with E-state index in [1.165, 1.54) is 0 Å². The molecule has 0 spiro atoms. The SMILES string of the molecule is CCC(CC)C(O)CNC(=O)c1cccc(Cl)c1Cl. The van der Waals surface area contributed by atoms with Crippen molar-refractivity contribution in [3.05, 3.63) is 33.8 Å². The fourth-order valence-electron chi connectivity index (χ4n) is 1.97. The fourth-order valence-corrected chi connectivity index (χ4v) is 2.36. The van der Waals surface area contributed by atoms with E-state index < -0.39 is 6.10 Å². The molecule has 0 fully saturated rings. The van der Waals surface area contributed by atoms with Crippen molar-refractivity contribution in [1.82, 2.24) is 5.32 Å². The Morgan fingerprint density at radius 1 is 1.32 bits per heavy atom. The Hall–Kier alpha value is -0.770. The molecule has 0 saturated heterocycles. The number of carbonyl (C=O) groups excluding carboxylic acids is 1. The molecule has 1 amide bonds. The van der Waals surface area contributed by atoms with Crippen LogP contribution in [0.1, 0.15) is 37.0 Å². The maximum Gasteiger partial charge on any atom is 0.252 e. The van der Waals surface area contributed by atoms with Crippen molar-refractivity contribution < 1.29 is 9.90 Å². The van der Waals surface area contributed by atoms with Crippen molar-refractivity contribution in [3.8, 4) is 0 Å². The van der Waals surface area contributed by atoms with E-state index in [1.807, 2.05) is 13.8 Å². The summed E-state index contributed by atoms with van der Waals surface area (Å²) in [6.07, 6.45) is 1.22. The highest BCUT2D eigenvalue weighted by molar-refractivity contribution is 6.43. The largest absolute Gasteiger partial charge is 0.391 e. The molecule has 0 bridgehead atoms. The second kappa shape index (κ2) is 7.73. The lowest BCUT2D eigenvalue weighted by atomic mass is 9.96. The Morgan fingerprint density at radius 3 is 2.53 bits per heavy atom. The van der Waals surface area contributed by atoms with Crippen LogP contribution in [0, 0.1) is 5.92 Å². The van der Waals surface area contributed by atoms with E-state index in [2.05, 4.69) is 5.32 Å². The van der Waals surface area contributed by atoms with E-state index in [9.17, 15) is 9.90 Å². The first-order valence-corrected chi connectivity index (χ1v) is 7.17. The van der Waals surface area contributed by atoms with Gasteiger partial charge in [-0.1, -0.05) is 56.0 Å². The predicted octanol–water partition coefficient (Wildman–Crippen LogP) is 3.52. The third-order valence-corrected chi connectivity index (χ3v) is 4.08. The number of nitrogens with one attached hydrogen (secondary N) is 1. The van der Waals surface area contributed by atoms with Crippen LogP contribution in [0.4, 0.5) is 0 Å². The van der Waals surface area contributed by atoms with E-state index in [0.717, 1.165) is 12.8 Å². The molecule has 0 aromatic heterocycles. The Balaban J connectivity index is 2.63. The van der Waals surface area contributed by atoms with Gasteiger partial charge in [-0.25, -0.2) is 0 Å². The van der Waals surface area contributed by atoms with Crippen molar-refractivity contribution in [3.63, 3.8) is 0 Å². The van der Waals surface area contributed by atoms with Gasteiger partial charge in [0, 0.05) is 6.54 Å². The topological polar surface area (TPSA) is 49.3 Å². The zero-order valence-electron chi connectivity index (χ0n) is 11.1.